The molecule has 0 radical (unpaired) electrons. The molecule has 0 aliphatic rings. The molecule has 0 fully saturated rings. The predicted octanol–water partition coefficient (Wildman–Crippen LogP) is 5.14. The first-order valence-electron chi connectivity index (χ1n) is 9.38. The number of nitrogens with zero attached hydrogens (tertiary/aromatic N) is 1. The Hall–Kier alpha value is -3.99. The van der Waals surface area contributed by atoms with Gasteiger partial charge in [0, 0.05) is 22.7 Å². The molecule has 0 atom stereocenters. The molecule has 1 aromatic heterocycles. The minimum absolute atomic E-state index is 0.154. The summed E-state index contributed by atoms with van der Waals surface area (Å²) in [4.78, 5) is 29.9. The van der Waals surface area contributed by atoms with E-state index in [2.05, 4.69) is 4.98 Å². The minimum Gasteiger partial charge on any atom is -0.465 e. The summed E-state index contributed by atoms with van der Waals surface area (Å²) >= 11 is 0. The van der Waals surface area contributed by atoms with Gasteiger partial charge in [-0.15, -0.1) is 0 Å². The van der Waals surface area contributed by atoms with Crippen molar-refractivity contribution in [2.24, 2.45) is 0 Å². The Labute approximate surface area is 173 Å². The number of methoxy groups -OCH3 is 2. The molecular formula is C25H19NO4. The molecule has 0 spiro atoms. The molecule has 0 amide bonds. The molecule has 0 unspecified atom stereocenters. The van der Waals surface area contributed by atoms with Crippen LogP contribution in [-0.4, -0.2) is 31.1 Å². The van der Waals surface area contributed by atoms with Crippen molar-refractivity contribution in [1.29, 1.82) is 0 Å². The number of carbonyl (C=O) groups excluding carboxylic acids is 2. The monoisotopic (exact) mass is 397 g/mol. The largest absolute Gasteiger partial charge is 0.465 e. The average Bonchev–Trinajstić information content (AvgIpc) is 2.82. The van der Waals surface area contributed by atoms with Crippen molar-refractivity contribution in [3.05, 3.63) is 90.1 Å². The molecule has 0 N–H and O–H groups in total. The van der Waals surface area contributed by atoms with Crippen molar-refractivity contribution in [3.8, 4) is 22.4 Å². The summed E-state index contributed by atoms with van der Waals surface area (Å²) in [7, 11) is 2.58. The zero-order chi connectivity index (χ0) is 21.1. The van der Waals surface area contributed by atoms with Gasteiger partial charge in [0.05, 0.1) is 31.0 Å². The van der Waals surface area contributed by atoms with Crippen LogP contribution in [0.1, 0.15) is 20.7 Å². The lowest BCUT2D eigenvalue weighted by Crippen LogP contribution is -2.14. The van der Waals surface area contributed by atoms with E-state index < -0.39 is 11.9 Å². The molecule has 0 saturated carbocycles. The summed E-state index contributed by atoms with van der Waals surface area (Å²) in [5, 5.41) is 1.52. The van der Waals surface area contributed by atoms with Crippen molar-refractivity contribution in [2.45, 2.75) is 0 Å². The Morgan fingerprint density at radius 3 is 1.97 bits per heavy atom. The zero-order valence-electron chi connectivity index (χ0n) is 16.6. The highest BCUT2D eigenvalue weighted by Crippen LogP contribution is 2.36. The van der Waals surface area contributed by atoms with Crippen molar-refractivity contribution < 1.29 is 19.1 Å². The van der Waals surface area contributed by atoms with E-state index in [9.17, 15) is 9.59 Å². The van der Waals surface area contributed by atoms with Gasteiger partial charge in [-0.05, 0) is 23.1 Å². The summed E-state index contributed by atoms with van der Waals surface area (Å²) in [6.45, 7) is 0. The molecule has 148 valence electrons. The Kier molecular flexibility index (Phi) is 5.26. The van der Waals surface area contributed by atoms with Gasteiger partial charge in [-0.25, -0.2) is 9.59 Å². The van der Waals surface area contributed by atoms with E-state index in [1.54, 1.807) is 12.3 Å². The van der Waals surface area contributed by atoms with Gasteiger partial charge in [0.25, 0.3) is 0 Å². The molecule has 5 heteroatoms. The first-order valence-corrected chi connectivity index (χ1v) is 9.38. The van der Waals surface area contributed by atoms with E-state index in [1.165, 1.54) is 14.2 Å². The summed E-state index contributed by atoms with van der Waals surface area (Å²) in [5.41, 5.74) is 3.41. The quantitative estimate of drug-likeness (QED) is 0.446. The van der Waals surface area contributed by atoms with Gasteiger partial charge >= 0.3 is 11.9 Å². The van der Waals surface area contributed by atoms with E-state index in [1.807, 2.05) is 66.7 Å². The Morgan fingerprint density at radius 2 is 1.37 bits per heavy atom. The standard InChI is InChI=1S/C25H19NO4/c1-29-24(27)19-13-18-14-21(16-9-5-3-6-10-16)26-15-20(18)22(23(19)25(28)30-2)17-11-7-4-8-12-17/h3-15H,1-2H3. The smallest absolute Gasteiger partial charge is 0.339 e. The maximum atomic E-state index is 12.7. The molecule has 1 heterocycles. The molecule has 4 aromatic rings. The second-order valence-electron chi connectivity index (χ2n) is 6.68. The Bertz CT molecular complexity index is 1230. The van der Waals surface area contributed by atoms with Gasteiger partial charge in [0.15, 0.2) is 0 Å². The molecule has 4 rings (SSSR count). The summed E-state index contributed by atoms with van der Waals surface area (Å²) in [6.07, 6.45) is 1.73. The number of hydrogen-bond donors (Lipinski definition) is 0. The maximum Gasteiger partial charge on any atom is 0.339 e. The van der Waals surface area contributed by atoms with Gasteiger partial charge < -0.3 is 9.47 Å². The third kappa shape index (κ3) is 3.42. The summed E-state index contributed by atoms with van der Waals surface area (Å²) in [6, 6.07) is 22.7. The van der Waals surface area contributed by atoms with Crippen LogP contribution in [0.5, 0.6) is 0 Å². The topological polar surface area (TPSA) is 65.5 Å². The number of aromatic nitrogens is 1. The number of esters is 2. The highest BCUT2D eigenvalue weighted by molar-refractivity contribution is 6.15. The van der Waals surface area contributed by atoms with Crippen LogP contribution in [0.4, 0.5) is 0 Å². The van der Waals surface area contributed by atoms with Crippen molar-refractivity contribution in [1.82, 2.24) is 4.98 Å². The Morgan fingerprint density at radius 1 is 0.767 bits per heavy atom. The summed E-state index contributed by atoms with van der Waals surface area (Å²) < 4.78 is 9.97. The fourth-order valence-corrected chi connectivity index (χ4v) is 3.55. The normalized spacial score (nSPS) is 10.6. The number of rotatable bonds is 4. The van der Waals surface area contributed by atoms with Crippen molar-refractivity contribution >= 4 is 22.7 Å². The zero-order valence-corrected chi connectivity index (χ0v) is 16.6. The molecule has 3 aromatic carbocycles. The number of benzene rings is 3. The fraction of sp³-hybridized carbons (Fsp3) is 0.0800. The van der Waals surface area contributed by atoms with Crippen LogP contribution in [0.2, 0.25) is 0 Å². The van der Waals surface area contributed by atoms with Gasteiger partial charge in [-0.2, -0.15) is 0 Å². The van der Waals surface area contributed by atoms with Crippen LogP contribution in [0, 0.1) is 0 Å². The SMILES string of the molecule is COC(=O)c1cc2cc(-c3ccccc3)ncc2c(-c2ccccc2)c1C(=O)OC. The van der Waals surface area contributed by atoms with Gasteiger partial charge in [0.1, 0.15) is 0 Å². The van der Waals surface area contributed by atoms with Gasteiger partial charge in [0.2, 0.25) is 0 Å². The number of hydrogen-bond acceptors (Lipinski definition) is 5. The van der Waals surface area contributed by atoms with Crippen molar-refractivity contribution in [3.63, 3.8) is 0 Å². The number of ether oxygens (including phenoxy) is 2. The lowest BCUT2D eigenvalue weighted by molar-refractivity contribution is 0.0556. The van der Waals surface area contributed by atoms with E-state index in [0.717, 1.165) is 27.6 Å². The van der Waals surface area contributed by atoms with E-state index in [0.29, 0.717) is 5.56 Å². The first kappa shape index (κ1) is 19.3. The van der Waals surface area contributed by atoms with E-state index >= 15 is 0 Å². The third-order valence-electron chi connectivity index (χ3n) is 4.95. The Balaban J connectivity index is 2.10. The highest BCUT2D eigenvalue weighted by Gasteiger charge is 2.26. The summed E-state index contributed by atoms with van der Waals surface area (Å²) in [5.74, 6) is -1.21. The van der Waals surface area contributed by atoms with Crippen LogP contribution in [0.25, 0.3) is 33.2 Å². The fourth-order valence-electron chi connectivity index (χ4n) is 3.55. The molecule has 0 bridgehead atoms. The number of carbonyl (C=O) groups is 2. The van der Waals surface area contributed by atoms with Crippen LogP contribution in [0.15, 0.2) is 79.0 Å². The second kappa shape index (κ2) is 8.17. The lowest BCUT2D eigenvalue weighted by Gasteiger charge is -2.16. The second-order valence-corrected chi connectivity index (χ2v) is 6.68. The highest BCUT2D eigenvalue weighted by atomic mass is 16.5. The average molecular weight is 397 g/mol. The van der Waals surface area contributed by atoms with E-state index in [4.69, 9.17) is 9.47 Å². The number of pyridine rings is 1. The lowest BCUT2D eigenvalue weighted by atomic mass is 9.90. The van der Waals surface area contributed by atoms with Gasteiger partial charge in [-0.1, -0.05) is 60.7 Å². The van der Waals surface area contributed by atoms with Crippen LogP contribution < -0.4 is 0 Å². The third-order valence-corrected chi connectivity index (χ3v) is 4.95. The molecule has 5 nitrogen and oxygen atoms in total. The molecule has 0 saturated heterocycles. The molecule has 0 aliphatic carbocycles. The molecular weight excluding hydrogens is 378 g/mol. The van der Waals surface area contributed by atoms with Crippen LogP contribution in [-0.2, 0) is 9.47 Å². The number of fused-ring (bicyclic) bond motifs is 1. The molecule has 0 aliphatic heterocycles. The van der Waals surface area contributed by atoms with E-state index in [-0.39, 0.29) is 11.1 Å². The minimum atomic E-state index is -0.608. The van der Waals surface area contributed by atoms with Crippen LogP contribution >= 0.6 is 0 Å². The van der Waals surface area contributed by atoms with Gasteiger partial charge in [-0.3, -0.25) is 4.98 Å². The predicted molar refractivity (Wildman–Crippen MR) is 115 cm³/mol. The first-order chi connectivity index (χ1) is 14.6. The van der Waals surface area contributed by atoms with Crippen LogP contribution in [0.3, 0.4) is 0 Å². The van der Waals surface area contributed by atoms with Crippen molar-refractivity contribution in [2.75, 3.05) is 14.2 Å². The molecule has 30 heavy (non-hydrogen) atoms. The maximum absolute atomic E-state index is 12.7.